The number of benzene rings is 2. The lowest BCUT2D eigenvalue weighted by molar-refractivity contribution is 0.0646. The van der Waals surface area contributed by atoms with Crippen LogP contribution in [0.1, 0.15) is 37.5 Å². The van der Waals surface area contributed by atoms with E-state index in [2.05, 4.69) is 0 Å². The summed E-state index contributed by atoms with van der Waals surface area (Å²) in [6.45, 7) is 0.589. The van der Waals surface area contributed by atoms with Crippen molar-refractivity contribution < 1.29 is 23.9 Å². The van der Waals surface area contributed by atoms with Crippen molar-refractivity contribution in [3.8, 4) is 11.5 Å². The Morgan fingerprint density at radius 1 is 1.00 bits per heavy atom. The summed E-state index contributed by atoms with van der Waals surface area (Å²) in [7, 11) is 1.50. The Bertz CT molecular complexity index is 795. The molecule has 0 saturated carbocycles. The predicted molar refractivity (Wildman–Crippen MR) is 90.3 cm³/mol. The van der Waals surface area contributed by atoms with Gasteiger partial charge in [0.25, 0.3) is 11.8 Å². The molecule has 6 heteroatoms. The highest BCUT2D eigenvalue weighted by Crippen LogP contribution is 2.28. The van der Waals surface area contributed by atoms with E-state index < -0.39 is 0 Å². The van der Waals surface area contributed by atoms with Crippen molar-refractivity contribution in [2.24, 2.45) is 0 Å². The summed E-state index contributed by atoms with van der Waals surface area (Å²) < 4.78 is 10.8. The maximum atomic E-state index is 12.3. The van der Waals surface area contributed by atoms with E-state index in [9.17, 15) is 14.4 Å². The number of imide groups is 1. The van der Waals surface area contributed by atoms with Crippen molar-refractivity contribution >= 4 is 18.1 Å². The Kier molecular flexibility index (Phi) is 4.79. The summed E-state index contributed by atoms with van der Waals surface area (Å²) in [6, 6.07) is 11.7. The van der Waals surface area contributed by atoms with Crippen molar-refractivity contribution in [1.29, 1.82) is 0 Å². The van der Waals surface area contributed by atoms with E-state index in [0.29, 0.717) is 41.2 Å². The Labute approximate surface area is 145 Å². The van der Waals surface area contributed by atoms with Crippen LogP contribution in [0.5, 0.6) is 11.5 Å². The van der Waals surface area contributed by atoms with Gasteiger partial charge in [-0.1, -0.05) is 12.1 Å². The molecular formula is C19H17NO5. The van der Waals surface area contributed by atoms with E-state index in [4.69, 9.17) is 9.47 Å². The fraction of sp³-hybridized carbons (Fsp3) is 0.211. The van der Waals surface area contributed by atoms with Gasteiger partial charge >= 0.3 is 0 Å². The first-order valence-electron chi connectivity index (χ1n) is 7.87. The Morgan fingerprint density at radius 3 is 2.28 bits per heavy atom. The highest BCUT2D eigenvalue weighted by atomic mass is 16.5. The minimum absolute atomic E-state index is 0.270. The number of hydrogen-bond acceptors (Lipinski definition) is 5. The van der Waals surface area contributed by atoms with Gasteiger partial charge < -0.3 is 9.47 Å². The summed E-state index contributed by atoms with van der Waals surface area (Å²) in [5.74, 6) is 0.433. The van der Waals surface area contributed by atoms with Gasteiger partial charge in [0.15, 0.2) is 11.5 Å². The highest BCUT2D eigenvalue weighted by molar-refractivity contribution is 6.21. The Morgan fingerprint density at radius 2 is 1.68 bits per heavy atom. The first-order valence-corrected chi connectivity index (χ1v) is 7.87. The fourth-order valence-electron chi connectivity index (χ4n) is 2.72. The van der Waals surface area contributed by atoms with Crippen molar-refractivity contribution in [2.45, 2.75) is 6.42 Å². The maximum absolute atomic E-state index is 12.3. The van der Waals surface area contributed by atoms with Crippen LogP contribution in [0.3, 0.4) is 0 Å². The van der Waals surface area contributed by atoms with Gasteiger partial charge in [-0.3, -0.25) is 19.3 Å². The van der Waals surface area contributed by atoms with Crippen LogP contribution in [0.15, 0.2) is 42.5 Å². The van der Waals surface area contributed by atoms with Crippen LogP contribution in [-0.2, 0) is 0 Å². The number of nitrogens with zero attached hydrogens (tertiary/aromatic N) is 1. The van der Waals surface area contributed by atoms with Crippen molar-refractivity contribution in [3.05, 3.63) is 59.2 Å². The lowest BCUT2D eigenvalue weighted by Crippen LogP contribution is -2.31. The van der Waals surface area contributed by atoms with Crippen LogP contribution in [0.25, 0.3) is 0 Å². The largest absolute Gasteiger partial charge is 0.493 e. The first kappa shape index (κ1) is 16.7. The van der Waals surface area contributed by atoms with Gasteiger partial charge in [0.2, 0.25) is 0 Å². The molecule has 0 aromatic heterocycles. The zero-order chi connectivity index (χ0) is 17.8. The normalized spacial score (nSPS) is 12.9. The number of methoxy groups -OCH3 is 1. The Hall–Kier alpha value is -3.15. The first-order chi connectivity index (χ1) is 12.2. The molecule has 128 valence electrons. The quantitative estimate of drug-likeness (QED) is 0.440. The van der Waals surface area contributed by atoms with Crippen LogP contribution in [0, 0.1) is 0 Å². The standard InChI is InChI=1S/C19H17NO5/c1-24-17-11-13(12-21)7-8-16(17)25-10-4-9-20-18(22)14-5-2-3-6-15(14)19(20)23/h2-3,5-8,11-12H,4,9-10H2,1H3. The molecule has 0 saturated heterocycles. The number of amides is 2. The minimum Gasteiger partial charge on any atom is -0.493 e. The second-order valence-electron chi connectivity index (χ2n) is 5.54. The summed E-state index contributed by atoms with van der Waals surface area (Å²) >= 11 is 0. The minimum atomic E-state index is -0.270. The third-order valence-corrected chi connectivity index (χ3v) is 3.99. The number of carbonyl (C=O) groups is 3. The second kappa shape index (κ2) is 7.17. The fourth-order valence-corrected chi connectivity index (χ4v) is 2.72. The number of ether oxygens (including phenoxy) is 2. The zero-order valence-corrected chi connectivity index (χ0v) is 13.7. The van der Waals surface area contributed by atoms with Crippen LogP contribution in [0.2, 0.25) is 0 Å². The van der Waals surface area contributed by atoms with E-state index in [-0.39, 0.29) is 18.4 Å². The molecule has 1 aliphatic heterocycles. The van der Waals surface area contributed by atoms with Crippen LogP contribution in [0.4, 0.5) is 0 Å². The average Bonchev–Trinajstić information content (AvgIpc) is 2.90. The molecule has 0 aliphatic carbocycles. The summed E-state index contributed by atoms with van der Waals surface area (Å²) in [5, 5.41) is 0. The summed E-state index contributed by atoms with van der Waals surface area (Å²) in [5.41, 5.74) is 1.38. The average molecular weight is 339 g/mol. The van der Waals surface area contributed by atoms with Crippen LogP contribution >= 0.6 is 0 Å². The maximum Gasteiger partial charge on any atom is 0.261 e. The lowest BCUT2D eigenvalue weighted by Gasteiger charge is -2.15. The third kappa shape index (κ3) is 3.24. The summed E-state index contributed by atoms with van der Waals surface area (Å²) in [4.78, 5) is 36.5. The van der Waals surface area contributed by atoms with E-state index in [1.807, 2.05) is 0 Å². The topological polar surface area (TPSA) is 72.9 Å². The van der Waals surface area contributed by atoms with Gasteiger partial charge in [-0.15, -0.1) is 0 Å². The zero-order valence-electron chi connectivity index (χ0n) is 13.7. The van der Waals surface area contributed by atoms with Crippen molar-refractivity contribution in [2.75, 3.05) is 20.3 Å². The molecule has 0 fully saturated rings. The molecule has 6 nitrogen and oxygen atoms in total. The molecule has 1 heterocycles. The SMILES string of the molecule is COc1cc(C=O)ccc1OCCCN1C(=O)c2ccccc2C1=O. The third-order valence-electron chi connectivity index (χ3n) is 3.99. The molecule has 3 rings (SSSR count). The number of hydrogen-bond donors (Lipinski definition) is 0. The molecule has 1 aliphatic rings. The van der Waals surface area contributed by atoms with Gasteiger partial charge in [-0.05, 0) is 36.8 Å². The monoisotopic (exact) mass is 339 g/mol. The number of aldehydes is 1. The molecule has 0 spiro atoms. The molecule has 2 aromatic carbocycles. The molecule has 0 radical (unpaired) electrons. The second-order valence-corrected chi connectivity index (χ2v) is 5.54. The lowest BCUT2D eigenvalue weighted by atomic mass is 10.1. The molecule has 0 bridgehead atoms. The van der Waals surface area contributed by atoms with Crippen molar-refractivity contribution in [1.82, 2.24) is 4.90 Å². The number of rotatable bonds is 7. The number of carbonyl (C=O) groups excluding carboxylic acids is 3. The molecule has 2 amide bonds. The van der Waals surface area contributed by atoms with Gasteiger partial charge in [-0.2, -0.15) is 0 Å². The molecule has 0 unspecified atom stereocenters. The van der Waals surface area contributed by atoms with Crippen LogP contribution < -0.4 is 9.47 Å². The molecule has 0 N–H and O–H groups in total. The van der Waals surface area contributed by atoms with E-state index in [1.54, 1.807) is 42.5 Å². The van der Waals surface area contributed by atoms with E-state index >= 15 is 0 Å². The summed E-state index contributed by atoms with van der Waals surface area (Å²) in [6.07, 6.45) is 1.22. The van der Waals surface area contributed by atoms with Gasteiger partial charge in [0.05, 0.1) is 24.8 Å². The van der Waals surface area contributed by atoms with Crippen molar-refractivity contribution in [3.63, 3.8) is 0 Å². The highest BCUT2D eigenvalue weighted by Gasteiger charge is 2.34. The van der Waals surface area contributed by atoms with Crippen LogP contribution in [-0.4, -0.2) is 43.3 Å². The molecule has 0 atom stereocenters. The van der Waals surface area contributed by atoms with Gasteiger partial charge in [0.1, 0.15) is 6.29 Å². The van der Waals surface area contributed by atoms with Gasteiger partial charge in [0, 0.05) is 12.1 Å². The molecule has 25 heavy (non-hydrogen) atoms. The smallest absolute Gasteiger partial charge is 0.261 e. The van der Waals surface area contributed by atoms with Gasteiger partial charge in [-0.25, -0.2) is 0 Å². The Balaban J connectivity index is 1.57. The molecular weight excluding hydrogens is 322 g/mol. The number of fused-ring (bicyclic) bond motifs is 1. The van der Waals surface area contributed by atoms with E-state index in [0.717, 1.165) is 6.29 Å². The van der Waals surface area contributed by atoms with E-state index in [1.165, 1.54) is 12.0 Å². The predicted octanol–water partition coefficient (Wildman–Crippen LogP) is 2.57. The molecule has 2 aromatic rings.